The summed E-state index contributed by atoms with van der Waals surface area (Å²) < 4.78 is 0. The molecule has 1 unspecified atom stereocenters. The molecule has 3 N–H and O–H groups in total. The lowest BCUT2D eigenvalue weighted by Crippen LogP contribution is -2.41. The van der Waals surface area contributed by atoms with Crippen molar-refractivity contribution >= 4 is 39.4 Å². The van der Waals surface area contributed by atoms with Crippen molar-refractivity contribution in [3.05, 3.63) is 6.92 Å². The van der Waals surface area contributed by atoms with E-state index in [9.17, 15) is 14.4 Å². The number of carboxylic acids is 1. The van der Waals surface area contributed by atoms with Crippen LogP contribution in [0.15, 0.2) is 0 Å². The standard InChI is InChI=1S/C9H14N2O4S2/c1-6(12)11-7(9(14)15)5-17-16-4-3-8(13)10-2/h7H,1,3-5H2,2H3,(H2-,10,11,12,13,14,15)/p+1. The largest absolute Gasteiger partial charge is 0.480 e. The smallest absolute Gasteiger partial charge is 0.399 e. The van der Waals surface area contributed by atoms with Crippen LogP contribution in [-0.4, -0.2) is 47.5 Å². The fourth-order valence-electron chi connectivity index (χ4n) is 0.803. The van der Waals surface area contributed by atoms with Gasteiger partial charge in [-0.15, -0.1) is 0 Å². The van der Waals surface area contributed by atoms with Gasteiger partial charge in [-0.05, 0) is 0 Å². The Bertz CT molecular complexity index is 286. The molecule has 0 aromatic heterocycles. The van der Waals surface area contributed by atoms with Gasteiger partial charge in [0.25, 0.3) is 0 Å². The van der Waals surface area contributed by atoms with Gasteiger partial charge in [-0.3, -0.25) is 4.79 Å². The summed E-state index contributed by atoms with van der Waals surface area (Å²) in [6.07, 6.45) is 0.383. The Hall–Kier alpha value is -1.02. The molecule has 0 aliphatic rings. The molecule has 96 valence electrons. The van der Waals surface area contributed by atoms with Crippen LogP contribution in [0.1, 0.15) is 6.42 Å². The van der Waals surface area contributed by atoms with Crippen molar-refractivity contribution in [3.63, 3.8) is 0 Å². The molecule has 1 atom stereocenters. The van der Waals surface area contributed by atoms with Crippen LogP contribution in [0.4, 0.5) is 0 Å². The molecule has 0 radical (unpaired) electrons. The second-order valence-electron chi connectivity index (χ2n) is 2.99. The highest BCUT2D eigenvalue weighted by molar-refractivity contribution is 8.76. The van der Waals surface area contributed by atoms with Gasteiger partial charge in [0.2, 0.25) is 5.91 Å². The SMILES string of the molecule is [CH2+]C(=O)NC(CSSCCC(=O)NC)C(=O)O. The maximum Gasteiger partial charge on any atom is 0.399 e. The minimum Gasteiger partial charge on any atom is -0.480 e. The molecule has 0 heterocycles. The number of aliphatic carboxylic acids is 1. The van der Waals surface area contributed by atoms with Crippen LogP contribution in [0.3, 0.4) is 0 Å². The number of carbonyl (C=O) groups is 3. The Balaban J connectivity index is 3.72. The van der Waals surface area contributed by atoms with E-state index in [0.29, 0.717) is 12.2 Å². The van der Waals surface area contributed by atoms with Crippen LogP contribution >= 0.6 is 21.6 Å². The first-order valence-corrected chi connectivity index (χ1v) is 7.26. The lowest BCUT2D eigenvalue weighted by atomic mass is 10.3. The maximum atomic E-state index is 10.9. The molecule has 0 bridgehead atoms. The third-order valence-electron chi connectivity index (χ3n) is 1.64. The topological polar surface area (TPSA) is 95.5 Å². The number of hydrogen-bond acceptors (Lipinski definition) is 5. The highest BCUT2D eigenvalue weighted by Crippen LogP contribution is 2.22. The molecule has 0 fully saturated rings. The summed E-state index contributed by atoms with van der Waals surface area (Å²) in [4.78, 5) is 32.2. The number of amides is 2. The summed E-state index contributed by atoms with van der Waals surface area (Å²) in [7, 11) is 4.25. The van der Waals surface area contributed by atoms with Crippen molar-refractivity contribution in [2.75, 3.05) is 18.6 Å². The summed E-state index contributed by atoms with van der Waals surface area (Å²) in [5, 5.41) is 13.5. The zero-order valence-electron chi connectivity index (χ0n) is 9.39. The van der Waals surface area contributed by atoms with Crippen molar-refractivity contribution in [2.24, 2.45) is 0 Å². The maximum absolute atomic E-state index is 10.9. The molecule has 0 aliphatic carbocycles. The van der Waals surface area contributed by atoms with Crippen LogP contribution in [-0.2, 0) is 14.4 Å². The van der Waals surface area contributed by atoms with E-state index < -0.39 is 17.9 Å². The molecule has 0 rings (SSSR count). The van der Waals surface area contributed by atoms with E-state index in [0.717, 1.165) is 0 Å². The average molecular weight is 279 g/mol. The van der Waals surface area contributed by atoms with E-state index >= 15 is 0 Å². The molecule has 17 heavy (non-hydrogen) atoms. The first-order valence-electron chi connectivity index (χ1n) is 4.77. The Morgan fingerprint density at radius 2 is 2.00 bits per heavy atom. The summed E-state index contributed by atoms with van der Waals surface area (Å²) in [5.74, 6) is -0.946. The Kier molecular flexibility index (Phi) is 8.51. The van der Waals surface area contributed by atoms with Crippen LogP contribution < -0.4 is 10.6 Å². The predicted octanol–water partition coefficient (Wildman–Crippen LogP) is -0.0926. The fourth-order valence-corrected chi connectivity index (χ4v) is 2.95. The second kappa shape index (κ2) is 9.06. The average Bonchev–Trinajstić information content (AvgIpc) is 2.25. The normalized spacial score (nSPS) is 11.6. The van der Waals surface area contributed by atoms with Gasteiger partial charge in [0, 0.05) is 25.0 Å². The molecule has 0 spiro atoms. The lowest BCUT2D eigenvalue weighted by Gasteiger charge is -2.09. The number of hydrogen-bond donors (Lipinski definition) is 3. The zero-order valence-corrected chi connectivity index (χ0v) is 11.0. The zero-order chi connectivity index (χ0) is 13.3. The summed E-state index contributed by atoms with van der Waals surface area (Å²) in [5.41, 5.74) is 0. The van der Waals surface area contributed by atoms with Crippen molar-refractivity contribution in [3.8, 4) is 0 Å². The van der Waals surface area contributed by atoms with E-state index in [-0.39, 0.29) is 11.7 Å². The van der Waals surface area contributed by atoms with Crippen LogP contribution in [0.2, 0.25) is 0 Å². The Morgan fingerprint density at radius 1 is 1.35 bits per heavy atom. The molecule has 0 aromatic carbocycles. The van der Waals surface area contributed by atoms with E-state index in [1.807, 2.05) is 0 Å². The molecule has 8 heteroatoms. The molecule has 0 aliphatic heterocycles. The quantitative estimate of drug-likeness (QED) is 0.326. The van der Waals surface area contributed by atoms with Gasteiger partial charge >= 0.3 is 11.9 Å². The van der Waals surface area contributed by atoms with Gasteiger partial charge in [-0.1, -0.05) is 21.6 Å². The first-order chi connectivity index (χ1) is 7.97. The third-order valence-corrected chi connectivity index (χ3v) is 4.06. The van der Waals surface area contributed by atoms with Gasteiger partial charge in [0.1, 0.15) is 6.04 Å². The van der Waals surface area contributed by atoms with Crippen LogP contribution in [0.25, 0.3) is 0 Å². The number of nitrogens with one attached hydrogen (secondary N) is 2. The van der Waals surface area contributed by atoms with Gasteiger partial charge in [0.05, 0.1) is 0 Å². The van der Waals surface area contributed by atoms with E-state index in [1.54, 1.807) is 7.05 Å². The summed E-state index contributed by atoms with van der Waals surface area (Å²) in [6.45, 7) is 3.06. The van der Waals surface area contributed by atoms with Crippen LogP contribution in [0, 0.1) is 6.92 Å². The molecular formula is C9H15N2O4S2+. The Morgan fingerprint density at radius 3 is 2.47 bits per heavy atom. The molecule has 0 saturated heterocycles. The monoisotopic (exact) mass is 279 g/mol. The number of rotatable bonds is 8. The van der Waals surface area contributed by atoms with Crippen LogP contribution in [0.5, 0.6) is 0 Å². The minimum atomic E-state index is -1.10. The fraction of sp³-hybridized carbons (Fsp3) is 0.556. The van der Waals surface area contributed by atoms with E-state index in [2.05, 4.69) is 17.6 Å². The Labute approximate surface area is 108 Å². The first kappa shape index (κ1) is 16.0. The highest BCUT2D eigenvalue weighted by atomic mass is 33.1. The van der Waals surface area contributed by atoms with Crippen molar-refractivity contribution in [2.45, 2.75) is 12.5 Å². The van der Waals surface area contributed by atoms with Gasteiger partial charge < -0.3 is 15.7 Å². The lowest BCUT2D eigenvalue weighted by molar-refractivity contribution is -0.140. The molecule has 0 saturated carbocycles. The summed E-state index contributed by atoms with van der Waals surface area (Å²) >= 11 is 0. The van der Waals surface area contributed by atoms with Crippen molar-refractivity contribution in [1.82, 2.24) is 10.6 Å². The predicted molar refractivity (Wildman–Crippen MR) is 68.5 cm³/mol. The van der Waals surface area contributed by atoms with Gasteiger partial charge in [-0.2, -0.15) is 0 Å². The molecule has 6 nitrogen and oxygen atoms in total. The molecule has 0 aromatic rings. The van der Waals surface area contributed by atoms with Gasteiger partial charge in [-0.25, -0.2) is 9.59 Å². The van der Waals surface area contributed by atoms with Crippen molar-refractivity contribution in [1.29, 1.82) is 0 Å². The summed E-state index contributed by atoms with van der Waals surface area (Å²) in [6, 6.07) is -0.947. The second-order valence-corrected chi connectivity index (χ2v) is 5.62. The van der Waals surface area contributed by atoms with Gasteiger partial charge in [0.15, 0.2) is 6.92 Å². The highest BCUT2D eigenvalue weighted by Gasteiger charge is 2.20. The number of carbonyl (C=O) groups excluding carboxylic acids is 2. The third kappa shape index (κ3) is 8.75. The van der Waals surface area contributed by atoms with E-state index in [4.69, 9.17) is 5.11 Å². The van der Waals surface area contributed by atoms with Crippen molar-refractivity contribution < 1.29 is 19.5 Å². The molecular weight excluding hydrogens is 264 g/mol. The van der Waals surface area contributed by atoms with E-state index in [1.165, 1.54) is 21.6 Å². The molecule has 2 amide bonds. The minimum absolute atomic E-state index is 0.0565. The number of carboxylic acid groups (broad SMARTS) is 1.